The number of carbonyl (C=O) groups excluding carboxylic acids is 2. The summed E-state index contributed by atoms with van der Waals surface area (Å²) < 4.78 is 32.8. The minimum Gasteiger partial charge on any atom is -0.462 e. The number of sulfonamides is 1. The number of benzene rings is 1. The Bertz CT molecular complexity index is 1230. The summed E-state index contributed by atoms with van der Waals surface area (Å²) in [7, 11) is -3.60. The van der Waals surface area contributed by atoms with Crippen molar-refractivity contribution in [3.8, 4) is 0 Å². The Kier molecular flexibility index (Phi) is 6.54. The van der Waals surface area contributed by atoms with Gasteiger partial charge in [0.05, 0.1) is 6.61 Å². The number of piperidine rings is 1. The second-order valence-corrected chi connectivity index (χ2v) is 10.5. The van der Waals surface area contributed by atoms with Crippen LogP contribution in [-0.4, -0.2) is 49.3 Å². The van der Waals surface area contributed by atoms with Gasteiger partial charge in [-0.3, -0.25) is 9.78 Å². The van der Waals surface area contributed by atoms with Crippen LogP contribution < -0.4 is 5.32 Å². The molecule has 0 spiro atoms. The molecule has 0 aliphatic carbocycles. The van der Waals surface area contributed by atoms with E-state index in [1.54, 1.807) is 25.1 Å². The average Bonchev–Trinajstić information content (AvgIpc) is 3.23. The summed E-state index contributed by atoms with van der Waals surface area (Å²) in [4.78, 5) is 29.3. The Hall–Kier alpha value is -2.82. The van der Waals surface area contributed by atoms with E-state index in [1.807, 2.05) is 12.1 Å². The number of ether oxygens (including phenoxy) is 1. The van der Waals surface area contributed by atoms with Crippen molar-refractivity contribution >= 4 is 49.0 Å². The first-order chi connectivity index (χ1) is 15.4. The van der Waals surface area contributed by atoms with Gasteiger partial charge in [0.15, 0.2) is 0 Å². The van der Waals surface area contributed by atoms with Crippen molar-refractivity contribution in [1.29, 1.82) is 0 Å². The smallest absolute Gasteiger partial charge is 0.348 e. The summed E-state index contributed by atoms with van der Waals surface area (Å²) in [5, 5.41) is 3.78. The number of fused-ring (bicyclic) bond motifs is 1. The molecule has 0 radical (unpaired) electrons. The third kappa shape index (κ3) is 4.67. The number of hydrogen-bond donors (Lipinski definition) is 1. The van der Waals surface area contributed by atoms with E-state index >= 15 is 0 Å². The van der Waals surface area contributed by atoms with Crippen molar-refractivity contribution in [1.82, 2.24) is 9.29 Å². The highest BCUT2D eigenvalue weighted by molar-refractivity contribution is 7.89. The number of aromatic nitrogens is 1. The number of esters is 1. The van der Waals surface area contributed by atoms with Crippen LogP contribution in [0.5, 0.6) is 0 Å². The zero-order chi connectivity index (χ0) is 22.7. The number of rotatable bonds is 6. The zero-order valence-corrected chi connectivity index (χ0v) is 19.1. The minimum absolute atomic E-state index is 0.136. The van der Waals surface area contributed by atoms with Crippen molar-refractivity contribution in [2.45, 2.75) is 24.7 Å². The van der Waals surface area contributed by atoms with E-state index in [4.69, 9.17) is 4.74 Å². The standard InChI is InChI=1S/C22H23N3O5S2/c1-2-30-22(27)20-13-16-12-17(5-6-19(16)31-20)24-21(26)15-7-10-25(11-8-15)32(28,29)18-4-3-9-23-14-18/h3-6,9,12-15H,2,7-8,10-11H2,1H3,(H,24,26). The SMILES string of the molecule is CCOC(=O)c1cc2cc(NC(=O)C3CCN(S(=O)(=O)c4cccnc4)CC3)ccc2s1. The number of pyridine rings is 1. The molecule has 3 heterocycles. The van der Waals surface area contributed by atoms with E-state index in [0.717, 1.165) is 10.1 Å². The Labute approximate surface area is 190 Å². The lowest BCUT2D eigenvalue weighted by molar-refractivity contribution is -0.120. The van der Waals surface area contributed by atoms with Crippen molar-refractivity contribution in [2.24, 2.45) is 5.92 Å². The topological polar surface area (TPSA) is 106 Å². The molecule has 1 N–H and O–H groups in total. The predicted octanol–water partition coefficient (Wildman–Crippen LogP) is 3.51. The summed E-state index contributed by atoms with van der Waals surface area (Å²) in [6.07, 6.45) is 3.75. The highest BCUT2D eigenvalue weighted by atomic mass is 32.2. The van der Waals surface area contributed by atoms with E-state index in [1.165, 1.54) is 34.1 Å². The number of thiophene rings is 1. The summed E-state index contributed by atoms with van der Waals surface area (Å²) in [6.45, 7) is 2.64. The largest absolute Gasteiger partial charge is 0.462 e. The van der Waals surface area contributed by atoms with Crippen LogP contribution in [-0.2, 0) is 19.6 Å². The second-order valence-electron chi connectivity index (χ2n) is 7.44. The van der Waals surface area contributed by atoms with Gasteiger partial charge in [0.1, 0.15) is 9.77 Å². The number of hydrogen-bond acceptors (Lipinski definition) is 7. The number of nitrogens with zero attached hydrogens (tertiary/aromatic N) is 2. The maximum atomic E-state index is 12.8. The molecule has 0 saturated carbocycles. The summed E-state index contributed by atoms with van der Waals surface area (Å²) >= 11 is 1.35. The molecule has 3 aromatic rings. The van der Waals surface area contributed by atoms with Gasteiger partial charge < -0.3 is 10.1 Å². The zero-order valence-electron chi connectivity index (χ0n) is 17.5. The van der Waals surface area contributed by atoms with Crippen LogP contribution in [0.2, 0.25) is 0 Å². The van der Waals surface area contributed by atoms with Gasteiger partial charge in [-0.25, -0.2) is 13.2 Å². The summed E-state index contributed by atoms with van der Waals surface area (Å²) in [6, 6.07) is 10.4. The average molecular weight is 474 g/mol. The molecule has 8 nitrogen and oxygen atoms in total. The summed E-state index contributed by atoms with van der Waals surface area (Å²) in [5.74, 6) is -0.764. The van der Waals surface area contributed by atoms with Gasteiger partial charge in [-0.2, -0.15) is 4.31 Å². The van der Waals surface area contributed by atoms with Crippen molar-refractivity contribution in [2.75, 3.05) is 25.0 Å². The molecule has 10 heteroatoms. The molecule has 0 atom stereocenters. The molecule has 1 aromatic carbocycles. The van der Waals surface area contributed by atoms with E-state index < -0.39 is 10.0 Å². The fourth-order valence-corrected chi connectivity index (χ4v) is 6.05. The van der Waals surface area contributed by atoms with Gasteiger partial charge in [0.25, 0.3) is 0 Å². The highest BCUT2D eigenvalue weighted by Crippen LogP contribution is 2.30. The Morgan fingerprint density at radius 3 is 2.69 bits per heavy atom. The Morgan fingerprint density at radius 1 is 1.22 bits per heavy atom. The second kappa shape index (κ2) is 9.35. The first-order valence-corrected chi connectivity index (χ1v) is 12.6. The lowest BCUT2D eigenvalue weighted by Gasteiger charge is -2.30. The highest BCUT2D eigenvalue weighted by Gasteiger charge is 2.32. The van der Waals surface area contributed by atoms with E-state index in [9.17, 15) is 18.0 Å². The molecule has 1 saturated heterocycles. The molecule has 0 unspecified atom stereocenters. The number of amides is 1. The normalized spacial score (nSPS) is 15.5. The lowest BCUT2D eigenvalue weighted by Crippen LogP contribution is -2.41. The maximum Gasteiger partial charge on any atom is 0.348 e. The van der Waals surface area contributed by atoms with Crippen LogP contribution in [0, 0.1) is 5.92 Å². The molecule has 4 rings (SSSR count). The molecule has 1 aliphatic rings. The number of anilines is 1. The van der Waals surface area contributed by atoms with Crippen LogP contribution >= 0.6 is 11.3 Å². The molecular formula is C22H23N3O5S2. The predicted molar refractivity (Wildman–Crippen MR) is 122 cm³/mol. The first-order valence-electron chi connectivity index (χ1n) is 10.3. The van der Waals surface area contributed by atoms with E-state index in [0.29, 0.717) is 30.0 Å². The number of nitrogens with one attached hydrogen (secondary N) is 1. The molecule has 2 aromatic heterocycles. The Morgan fingerprint density at radius 2 is 2.00 bits per heavy atom. The van der Waals surface area contributed by atoms with Crippen LogP contribution in [0.15, 0.2) is 53.7 Å². The molecule has 168 valence electrons. The Balaban J connectivity index is 1.39. The molecule has 0 bridgehead atoms. The monoisotopic (exact) mass is 473 g/mol. The minimum atomic E-state index is -3.60. The van der Waals surface area contributed by atoms with Gasteiger partial charge in [0, 0.05) is 41.8 Å². The third-order valence-electron chi connectivity index (χ3n) is 5.36. The lowest BCUT2D eigenvalue weighted by atomic mass is 9.97. The van der Waals surface area contributed by atoms with Gasteiger partial charge in [-0.05, 0) is 61.5 Å². The van der Waals surface area contributed by atoms with Crippen molar-refractivity contribution < 1.29 is 22.7 Å². The molecule has 1 amide bonds. The first kappa shape index (κ1) is 22.4. The van der Waals surface area contributed by atoms with Gasteiger partial charge in [-0.1, -0.05) is 0 Å². The fraction of sp³-hybridized carbons (Fsp3) is 0.318. The van der Waals surface area contributed by atoms with Crippen molar-refractivity contribution in [3.63, 3.8) is 0 Å². The molecular weight excluding hydrogens is 450 g/mol. The van der Waals surface area contributed by atoms with Gasteiger partial charge in [-0.15, -0.1) is 11.3 Å². The van der Waals surface area contributed by atoms with Crippen LogP contribution in [0.4, 0.5) is 5.69 Å². The van der Waals surface area contributed by atoms with E-state index in [-0.39, 0.29) is 35.8 Å². The maximum absolute atomic E-state index is 12.8. The number of carbonyl (C=O) groups is 2. The molecule has 32 heavy (non-hydrogen) atoms. The van der Waals surface area contributed by atoms with Crippen LogP contribution in [0.25, 0.3) is 10.1 Å². The summed E-state index contributed by atoms with van der Waals surface area (Å²) in [5.41, 5.74) is 0.640. The molecule has 1 aliphatic heterocycles. The van der Waals surface area contributed by atoms with Crippen LogP contribution in [0.3, 0.4) is 0 Å². The quantitative estimate of drug-likeness (QED) is 0.549. The van der Waals surface area contributed by atoms with Crippen molar-refractivity contribution in [3.05, 3.63) is 53.7 Å². The van der Waals surface area contributed by atoms with Gasteiger partial charge >= 0.3 is 5.97 Å². The molecule has 1 fully saturated rings. The fourth-order valence-electron chi connectivity index (χ4n) is 3.68. The third-order valence-corrected chi connectivity index (χ3v) is 8.34. The van der Waals surface area contributed by atoms with E-state index in [2.05, 4.69) is 10.3 Å². The van der Waals surface area contributed by atoms with Gasteiger partial charge in [0.2, 0.25) is 15.9 Å². The van der Waals surface area contributed by atoms with Crippen LogP contribution in [0.1, 0.15) is 29.4 Å².